The molecular weight excluding hydrogens is 577 g/mol. The Kier molecular flexibility index (Phi) is 10.2. The third kappa shape index (κ3) is 8.32. The fourth-order valence-electron chi connectivity index (χ4n) is 4.78. The highest BCUT2D eigenvalue weighted by Crippen LogP contribution is 2.26. The Labute approximate surface area is 259 Å². The molecule has 1 N–H and O–H groups in total. The van der Waals surface area contributed by atoms with E-state index in [-0.39, 0.29) is 29.1 Å². The topological polar surface area (TPSA) is 86.8 Å². The zero-order valence-corrected chi connectivity index (χ0v) is 26.2. The lowest BCUT2D eigenvalue weighted by Gasteiger charge is -2.35. The molecule has 0 aliphatic heterocycles. The number of carbonyl (C=O) groups is 2. The van der Waals surface area contributed by atoms with Gasteiger partial charge in [0.2, 0.25) is 11.8 Å². The molecule has 4 aromatic rings. The summed E-state index contributed by atoms with van der Waals surface area (Å²) in [6.45, 7) is 6.52. The maximum atomic E-state index is 15.0. The summed E-state index contributed by atoms with van der Waals surface area (Å²) in [5.74, 6) is -1.62. The second kappa shape index (κ2) is 13.9. The van der Waals surface area contributed by atoms with Gasteiger partial charge >= 0.3 is 0 Å². The van der Waals surface area contributed by atoms with Crippen molar-refractivity contribution in [1.82, 2.24) is 10.2 Å². The zero-order chi connectivity index (χ0) is 31.9. The summed E-state index contributed by atoms with van der Waals surface area (Å²) in [6.07, 6.45) is 0.138. The van der Waals surface area contributed by atoms with Gasteiger partial charge in [0.05, 0.1) is 10.6 Å². The molecule has 230 valence electrons. The number of hydrogen-bond acceptors (Lipinski definition) is 4. The van der Waals surface area contributed by atoms with Gasteiger partial charge in [0, 0.05) is 24.1 Å². The molecule has 4 rings (SSSR count). The van der Waals surface area contributed by atoms with Gasteiger partial charge in [-0.3, -0.25) is 13.9 Å². The second-order valence-corrected chi connectivity index (χ2v) is 13.6. The van der Waals surface area contributed by atoms with Crippen LogP contribution < -0.4 is 9.62 Å². The minimum atomic E-state index is -4.20. The Bertz CT molecular complexity index is 1670. The van der Waals surface area contributed by atoms with Crippen LogP contribution in [0.25, 0.3) is 0 Å². The van der Waals surface area contributed by atoms with Gasteiger partial charge in [-0.2, -0.15) is 0 Å². The van der Waals surface area contributed by atoms with Crippen molar-refractivity contribution in [2.45, 2.75) is 57.1 Å². The van der Waals surface area contributed by atoms with Crippen molar-refractivity contribution in [3.05, 3.63) is 132 Å². The Balaban J connectivity index is 1.82. The molecule has 0 saturated carbocycles. The van der Waals surface area contributed by atoms with Crippen LogP contribution in [0.1, 0.15) is 37.5 Å². The number of amides is 2. The SMILES string of the molecule is Cc1ccc(N(CC(=O)N(Cc2ccccc2F)[C@@H](Cc2ccccc2)C(=O)NC(C)(C)C)S(=O)(=O)c2ccccc2)cc1. The quantitative estimate of drug-likeness (QED) is 0.228. The van der Waals surface area contributed by atoms with Crippen LogP contribution in [0.2, 0.25) is 0 Å². The molecule has 9 heteroatoms. The molecule has 7 nitrogen and oxygen atoms in total. The first-order chi connectivity index (χ1) is 20.8. The molecular formula is C35H38FN3O4S. The predicted molar refractivity (Wildman–Crippen MR) is 171 cm³/mol. The molecule has 0 aliphatic rings. The van der Waals surface area contributed by atoms with Crippen molar-refractivity contribution in [2.24, 2.45) is 0 Å². The van der Waals surface area contributed by atoms with E-state index in [1.54, 1.807) is 60.7 Å². The number of carbonyl (C=O) groups excluding carboxylic acids is 2. The molecule has 0 radical (unpaired) electrons. The van der Waals surface area contributed by atoms with Gasteiger partial charge in [0.15, 0.2) is 0 Å². The highest BCUT2D eigenvalue weighted by molar-refractivity contribution is 7.92. The standard InChI is InChI=1S/C35H38FN3O4S/c1-26-19-21-29(22-20-26)39(44(42,43)30-16-9-6-10-17-30)25-33(40)38(24-28-15-11-12-18-31(28)36)32(34(41)37-35(2,3)4)23-27-13-7-5-8-14-27/h5-22,32H,23-25H2,1-4H3,(H,37,41)/t32-/m0/s1. The van der Waals surface area contributed by atoms with E-state index in [2.05, 4.69) is 5.32 Å². The molecule has 0 fully saturated rings. The lowest BCUT2D eigenvalue weighted by Crippen LogP contribution is -2.56. The van der Waals surface area contributed by atoms with E-state index in [1.165, 1.54) is 23.1 Å². The van der Waals surface area contributed by atoms with Crippen LogP contribution in [0.3, 0.4) is 0 Å². The smallest absolute Gasteiger partial charge is 0.264 e. The van der Waals surface area contributed by atoms with E-state index in [0.717, 1.165) is 15.4 Å². The van der Waals surface area contributed by atoms with E-state index in [0.29, 0.717) is 0 Å². The molecule has 1 atom stereocenters. The number of sulfonamides is 1. The molecule has 2 amide bonds. The number of hydrogen-bond donors (Lipinski definition) is 1. The molecule has 0 bridgehead atoms. The van der Waals surface area contributed by atoms with Gasteiger partial charge in [-0.05, 0) is 63.6 Å². The number of benzene rings is 4. The van der Waals surface area contributed by atoms with Gasteiger partial charge in [-0.1, -0.05) is 84.4 Å². The largest absolute Gasteiger partial charge is 0.350 e. The minimum Gasteiger partial charge on any atom is -0.350 e. The Hall–Kier alpha value is -4.50. The van der Waals surface area contributed by atoms with Crippen molar-refractivity contribution >= 4 is 27.5 Å². The summed E-state index contributed by atoms with van der Waals surface area (Å²) in [7, 11) is -4.20. The summed E-state index contributed by atoms with van der Waals surface area (Å²) >= 11 is 0. The van der Waals surface area contributed by atoms with Gasteiger partial charge in [-0.25, -0.2) is 12.8 Å². The molecule has 0 aromatic heterocycles. The summed E-state index contributed by atoms with van der Waals surface area (Å²) in [4.78, 5) is 29.6. The average molecular weight is 616 g/mol. The van der Waals surface area contributed by atoms with Gasteiger partial charge < -0.3 is 10.2 Å². The van der Waals surface area contributed by atoms with Gasteiger partial charge in [0.1, 0.15) is 18.4 Å². The molecule has 0 spiro atoms. The predicted octanol–water partition coefficient (Wildman–Crippen LogP) is 5.88. The van der Waals surface area contributed by atoms with Crippen LogP contribution in [-0.4, -0.2) is 43.3 Å². The normalized spacial score (nSPS) is 12.3. The summed E-state index contributed by atoms with van der Waals surface area (Å²) in [5, 5.41) is 2.96. The number of nitrogens with one attached hydrogen (secondary N) is 1. The lowest BCUT2D eigenvalue weighted by molar-refractivity contribution is -0.140. The lowest BCUT2D eigenvalue weighted by atomic mass is 10.0. The molecule has 0 heterocycles. The highest BCUT2D eigenvalue weighted by Gasteiger charge is 2.36. The monoisotopic (exact) mass is 615 g/mol. The van der Waals surface area contributed by atoms with E-state index < -0.39 is 45.8 Å². The van der Waals surface area contributed by atoms with Crippen LogP contribution in [0.15, 0.2) is 114 Å². The van der Waals surface area contributed by atoms with E-state index in [9.17, 15) is 18.0 Å². The maximum absolute atomic E-state index is 15.0. The molecule has 0 aliphatic carbocycles. The van der Waals surface area contributed by atoms with Gasteiger partial charge in [0.25, 0.3) is 10.0 Å². The second-order valence-electron chi connectivity index (χ2n) is 11.7. The fourth-order valence-corrected chi connectivity index (χ4v) is 6.21. The van der Waals surface area contributed by atoms with Crippen LogP contribution >= 0.6 is 0 Å². The Morgan fingerprint density at radius 3 is 1.98 bits per heavy atom. The maximum Gasteiger partial charge on any atom is 0.264 e. The van der Waals surface area contributed by atoms with Crippen LogP contribution in [0.5, 0.6) is 0 Å². The van der Waals surface area contributed by atoms with Crippen LogP contribution in [-0.2, 0) is 32.6 Å². The number of rotatable bonds is 11. The number of nitrogens with zero attached hydrogens (tertiary/aromatic N) is 2. The first-order valence-electron chi connectivity index (χ1n) is 14.4. The molecule has 0 saturated heterocycles. The highest BCUT2D eigenvalue weighted by atomic mass is 32.2. The average Bonchev–Trinajstić information content (AvgIpc) is 2.99. The van der Waals surface area contributed by atoms with Crippen LogP contribution in [0, 0.1) is 12.7 Å². The summed E-state index contributed by atoms with van der Waals surface area (Å²) < 4.78 is 44.0. The molecule has 4 aromatic carbocycles. The summed E-state index contributed by atoms with van der Waals surface area (Å²) in [5.41, 5.74) is 1.58. The van der Waals surface area contributed by atoms with Crippen LogP contribution in [0.4, 0.5) is 10.1 Å². The van der Waals surface area contributed by atoms with Crippen molar-refractivity contribution in [3.63, 3.8) is 0 Å². The summed E-state index contributed by atoms with van der Waals surface area (Å²) in [6, 6.07) is 28.9. The molecule has 44 heavy (non-hydrogen) atoms. The van der Waals surface area contributed by atoms with Crippen molar-refractivity contribution in [1.29, 1.82) is 0 Å². The van der Waals surface area contributed by atoms with E-state index >= 15 is 4.39 Å². The Morgan fingerprint density at radius 1 is 0.818 bits per heavy atom. The van der Waals surface area contributed by atoms with Crippen molar-refractivity contribution in [2.75, 3.05) is 10.8 Å². The van der Waals surface area contributed by atoms with E-state index in [4.69, 9.17) is 0 Å². The first-order valence-corrected chi connectivity index (χ1v) is 15.8. The third-order valence-corrected chi connectivity index (χ3v) is 8.79. The van der Waals surface area contributed by atoms with E-state index in [1.807, 2.05) is 58.0 Å². The van der Waals surface area contributed by atoms with Crippen molar-refractivity contribution in [3.8, 4) is 0 Å². The van der Waals surface area contributed by atoms with Gasteiger partial charge in [-0.15, -0.1) is 0 Å². The first kappa shape index (κ1) is 32.4. The number of aryl methyl sites for hydroxylation is 1. The zero-order valence-electron chi connectivity index (χ0n) is 25.4. The number of halogens is 1. The molecule has 0 unspecified atom stereocenters. The van der Waals surface area contributed by atoms with Crippen molar-refractivity contribution < 1.29 is 22.4 Å². The third-order valence-electron chi connectivity index (χ3n) is 7.00. The number of anilines is 1. The minimum absolute atomic E-state index is 0.0142. The fraction of sp³-hybridized carbons (Fsp3) is 0.257. The Morgan fingerprint density at radius 2 is 1.39 bits per heavy atom.